The molecule has 1 aliphatic rings. The van der Waals surface area contributed by atoms with Crippen molar-refractivity contribution in [1.82, 2.24) is 4.72 Å². The maximum absolute atomic E-state index is 12.4. The number of sulfonamides is 1. The molecule has 1 fully saturated rings. The van der Waals surface area contributed by atoms with Gasteiger partial charge in [-0.05, 0) is 59.1 Å². The van der Waals surface area contributed by atoms with E-state index >= 15 is 0 Å². The minimum absolute atomic E-state index is 0.0377. The molecule has 3 nitrogen and oxygen atoms in total. The van der Waals surface area contributed by atoms with Crippen LogP contribution in [0.4, 0.5) is 0 Å². The van der Waals surface area contributed by atoms with Crippen LogP contribution in [-0.2, 0) is 10.0 Å². The number of thioether (sulfide) groups is 1. The van der Waals surface area contributed by atoms with Gasteiger partial charge in [0.2, 0.25) is 10.0 Å². The molecule has 0 radical (unpaired) electrons. The molecule has 1 saturated heterocycles. The third-order valence-electron chi connectivity index (χ3n) is 2.98. The van der Waals surface area contributed by atoms with E-state index in [1.807, 2.05) is 13.0 Å². The normalized spacial score (nSPS) is 20.5. The summed E-state index contributed by atoms with van der Waals surface area (Å²) in [5, 5.41) is 0. The average molecular weight is 429 g/mol. The first-order chi connectivity index (χ1) is 8.90. The van der Waals surface area contributed by atoms with Gasteiger partial charge in [0.05, 0.1) is 4.90 Å². The standard InChI is InChI=1S/C12H15Br2NO2S2/c1-8-5-11(14)12(6-10(8)13)19(16,17)15-9-3-2-4-18-7-9/h5-6,9,15H,2-4,7H2,1H3. The van der Waals surface area contributed by atoms with Crippen LogP contribution in [0.5, 0.6) is 0 Å². The van der Waals surface area contributed by atoms with Crippen LogP contribution in [-0.4, -0.2) is 26.0 Å². The summed E-state index contributed by atoms with van der Waals surface area (Å²) in [4.78, 5) is 0.292. The molecule has 0 saturated carbocycles. The van der Waals surface area contributed by atoms with Gasteiger partial charge in [0.25, 0.3) is 0 Å². The fourth-order valence-electron chi connectivity index (χ4n) is 1.95. The number of hydrogen-bond donors (Lipinski definition) is 1. The Kier molecular flexibility index (Phi) is 5.39. The Morgan fingerprint density at radius 3 is 2.68 bits per heavy atom. The molecule has 106 valence electrons. The van der Waals surface area contributed by atoms with E-state index < -0.39 is 10.0 Å². The van der Waals surface area contributed by atoms with E-state index in [1.165, 1.54) is 0 Å². The lowest BCUT2D eigenvalue weighted by atomic mass is 10.2. The van der Waals surface area contributed by atoms with Crippen molar-refractivity contribution in [2.24, 2.45) is 0 Å². The Morgan fingerprint density at radius 2 is 2.05 bits per heavy atom. The summed E-state index contributed by atoms with van der Waals surface area (Å²) in [6, 6.07) is 3.50. The maximum atomic E-state index is 12.4. The minimum atomic E-state index is -3.47. The fourth-order valence-corrected chi connectivity index (χ4v) is 6.08. The zero-order valence-electron chi connectivity index (χ0n) is 10.4. The van der Waals surface area contributed by atoms with Crippen LogP contribution < -0.4 is 4.72 Å². The van der Waals surface area contributed by atoms with Crippen LogP contribution in [0.25, 0.3) is 0 Å². The minimum Gasteiger partial charge on any atom is -0.207 e. The summed E-state index contributed by atoms with van der Waals surface area (Å²) in [6.45, 7) is 1.93. The van der Waals surface area contributed by atoms with Gasteiger partial charge in [-0.15, -0.1) is 0 Å². The van der Waals surface area contributed by atoms with E-state index in [-0.39, 0.29) is 6.04 Å². The number of hydrogen-bond acceptors (Lipinski definition) is 3. The summed E-state index contributed by atoms with van der Waals surface area (Å²) < 4.78 is 29.0. The first-order valence-corrected chi connectivity index (χ1v) is 10.2. The summed E-state index contributed by atoms with van der Waals surface area (Å²) in [5.74, 6) is 1.97. The van der Waals surface area contributed by atoms with E-state index in [1.54, 1.807) is 17.8 Å². The van der Waals surface area contributed by atoms with E-state index in [9.17, 15) is 8.42 Å². The molecule has 1 aliphatic heterocycles. The molecule has 19 heavy (non-hydrogen) atoms. The largest absolute Gasteiger partial charge is 0.242 e. The van der Waals surface area contributed by atoms with Crippen molar-refractivity contribution in [3.05, 3.63) is 26.6 Å². The van der Waals surface area contributed by atoms with Crippen molar-refractivity contribution in [2.75, 3.05) is 11.5 Å². The third kappa shape index (κ3) is 3.97. The highest BCUT2D eigenvalue weighted by atomic mass is 79.9. The van der Waals surface area contributed by atoms with Crippen molar-refractivity contribution in [2.45, 2.75) is 30.7 Å². The topological polar surface area (TPSA) is 46.2 Å². The van der Waals surface area contributed by atoms with Gasteiger partial charge in [-0.25, -0.2) is 13.1 Å². The van der Waals surface area contributed by atoms with Crippen LogP contribution in [0.1, 0.15) is 18.4 Å². The fraction of sp³-hybridized carbons (Fsp3) is 0.500. The molecule has 1 unspecified atom stereocenters. The second kappa shape index (κ2) is 6.47. The molecule has 0 aromatic heterocycles. The maximum Gasteiger partial charge on any atom is 0.242 e. The van der Waals surface area contributed by atoms with Crippen LogP contribution in [0.15, 0.2) is 26.0 Å². The van der Waals surface area contributed by atoms with Gasteiger partial charge in [0, 0.05) is 20.7 Å². The van der Waals surface area contributed by atoms with Gasteiger partial charge in [-0.3, -0.25) is 0 Å². The lowest BCUT2D eigenvalue weighted by Crippen LogP contribution is -2.38. The zero-order valence-corrected chi connectivity index (χ0v) is 15.3. The molecule has 2 rings (SSSR count). The van der Waals surface area contributed by atoms with Gasteiger partial charge in [-0.1, -0.05) is 15.9 Å². The molecule has 0 amide bonds. The predicted octanol–water partition coefficient (Wildman–Crippen LogP) is 3.69. The molecule has 0 spiro atoms. The number of halogens is 2. The predicted molar refractivity (Wildman–Crippen MR) is 87.2 cm³/mol. The Morgan fingerprint density at radius 1 is 1.32 bits per heavy atom. The molecule has 7 heteroatoms. The second-order valence-electron chi connectivity index (χ2n) is 4.57. The molecule has 0 aliphatic carbocycles. The number of rotatable bonds is 3. The highest BCUT2D eigenvalue weighted by Gasteiger charge is 2.24. The van der Waals surface area contributed by atoms with E-state index in [2.05, 4.69) is 36.6 Å². The highest BCUT2D eigenvalue weighted by molar-refractivity contribution is 9.11. The molecule has 1 heterocycles. The monoisotopic (exact) mass is 427 g/mol. The van der Waals surface area contributed by atoms with Gasteiger partial charge >= 0.3 is 0 Å². The third-order valence-corrected chi connectivity index (χ3v) is 7.53. The van der Waals surface area contributed by atoms with Crippen molar-refractivity contribution in [3.63, 3.8) is 0 Å². The van der Waals surface area contributed by atoms with Crippen molar-refractivity contribution in [1.29, 1.82) is 0 Å². The van der Waals surface area contributed by atoms with Gasteiger partial charge in [0.15, 0.2) is 0 Å². The number of aryl methyl sites for hydroxylation is 1. The Balaban J connectivity index is 2.26. The highest BCUT2D eigenvalue weighted by Crippen LogP contribution is 2.29. The summed E-state index contributed by atoms with van der Waals surface area (Å²) in [7, 11) is -3.47. The zero-order chi connectivity index (χ0) is 14.0. The summed E-state index contributed by atoms with van der Waals surface area (Å²) in [5.41, 5.74) is 0.999. The van der Waals surface area contributed by atoms with Crippen molar-refractivity contribution in [3.8, 4) is 0 Å². The van der Waals surface area contributed by atoms with Crippen molar-refractivity contribution >= 4 is 53.6 Å². The molecular formula is C12H15Br2NO2S2. The van der Waals surface area contributed by atoms with E-state index in [4.69, 9.17) is 0 Å². The molecule has 1 aromatic rings. The molecule has 1 atom stereocenters. The molecule has 0 bridgehead atoms. The quantitative estimate of drug-likeness (QED) is 0.798. The SMILES string of the molecule is Cc1cc(Br)c(S(=O)(=O)NC2CCCSC2)cc1Br. The van der Waals surface area contributed by atoms with Gasteiger partial charge in [0.1, 0.15) is 0 Å². The van der Waals surface area contributed by atoms with Crippen LogP contribution in [0.2, 0.25) is 0 Å². The smallest absolute Gasteiger partial charge is 0.207 e. The molecule has 1 N–H and O–H groups in total. The molecule has 1 aromatic carbocycles. The van der Waals surface area contributed by atoms with Gasteiger partial charge < -0.3 is 0 Å². The number of nitrogens with one attached hydrogen (secondary N) is 1. The first kappa shape index (κ1) is 15.8. The Labute approximate surface area is 135 Å². The van der Waals surface area contributed by atoms with Crippen LogP contribution in [0, 0.1) is 6.92 Å². The molecular weight excluding hydrogens is 414 g/mol. The van der Waals surface area contributed by atoms with E-state index in [0.717, 1.165) is 34.4 Å². The van der Waals surface area contributed by atoms with E-state index in [0.29, 0.717) is 9.37 Å². The van der Waals surface area contributed by atoms with Gasteiger partial charge in [-0.2, -0.15) is 11.8 Å². The first-order valence-electron chi connectivity index (χ1n) is 5.96. The Bertz CT molecular complexity index is 569. The number of benzene rings is 1. The van der Waals surface area contributed by atoms with Crippen LogP contribution >= 0.6 is 43.6 Å². The lowest BCUT2D eigenvalue weighted by Gasteiger charge is -2.22. The van der Waals surface area contributed by atoms with Crippen molar-refractivity contribution < 1.29 is 8.42 Å². The summed E-state index contributed by atoms with van der Waals surface area (Å²) in [6.07, 6.45) is 1.98. The summed E-state index contributed by atoms with van der Waals surface area (Å²) >= 11 is 8.52. The average Bonchev–Trinajstić information content (AvgIpc) is 2.34. The second-order valence-corrected chi connectivity index (χ2v) is 9.11. The van der Waals surface area contributed by atoms with Crippen LogP contribution in [0.3, 0.4) is 0 Å². The Hall–Kier alpha value is 0.440. The lowest BCUT2D eigenvalue weighted by molar-refractivity contribution is 0.542.